The molecule has 0 saturated carbocycles. The first-order valence-electron chi connectivity index (χ1n) is 4.72. The molecule has 1 heterocycles. The van der Waals surface area contributed by atoms with Gasteiger partial charge in [0.2, 0.25) is 5.82 Å². The van der Waals surface area contributed by atoms with Crippen LogP contribution in [0.25, 0.3) is 11.4 Å². The number of nitro groups is 1. The number of hydrogen-bond acceptors (Lipinski definition) is 4. The van der Waals surface area contributed by atoms with Crippen molar-refractivity contribution in [2.75, 3.05) is 0 Å². The molecule has 0 N–H and O–H groups in total. The normalized spacial score (nSPS) is 10.5. The maximum absolute atomic E-state index is 13.9. The van der Waals surface area contributed by atoms with Crippen molar-refractivity contribution in [2.45, 2.75) is 0 Å². The zero-order valence-corrected chi connectivity index (χ0v) is 11.8. The van der Waals surface area contributed by atoms with Gasteiger partial charge < -0.3 is 0 Å². The average molecular weight is 398 g/mol. The molecule has 2 rings (SSSR count). The summed E-state index contributed by atoms with van der Waals surface area (Å²) in [5, 5.41) is 10.6. The molecule has 0 bridgehead atoms. The second-order valence-electron chi connectivity index (χ2n) is 3.34. The Morgan fingerprint density at radius 1 is 1.37 bits per heavy atom. The summed E-state index contributed by atoms with van der Waals surface area (Å²) in [6, 6.07) is 1.52. The Kier molecular flexibility index (Phi) is 3.90. The molecular formula is C10H3ClF2IN3O2. The molecule has 0 amide bonds. The molecule has 0 fully saturated rings. The predicted molar refractivity (Wildman–Crippen MR) is 71.8 cm³/mol. The molecule has 1 aromatic carbocycles. The maximum atomic E-state index is 13.9. The van der Waals surface area contributed by atoms with E-state index in [1.807, 2.05) is 22.6 Å². The molecule has 0 saturated heterocycles. The van der Waals surface area contributed by atoms with Gasteiger partial charge in [0.15, 0.2) is 5.82 Å². The van der Waals surface area contributed by atoms with Gasteiger partial charge in [-0.15, -0.1) is 0 Å². The number of nitrogens with zero attached hydrogens (tertiary/aromatic N) is 3. The first-order chi connectivity index (χ1) is 8.91. The van der Waals surface area contributed by atoms with Crippen LogP contribution in [-0.4, -0.2) is 14.9 Å². The number of nitro benzene ring substituents is 1. The molecule has 19 heavy (non-hydrogen) atoms. The van der Waals surface area contributed by atoms with Crippen molar-refractivity contribution in [1.29, 1.82) is 0 Å². The summed E-state index contributed by atoms with van der Waals surface area (Å²) < 4.78 is 28.0. The van der Waals surface area contributed by atoms with Crippen molar-refractivity contribution in [2.24, 2.45) is 0 Å². The summed E-state index contributed by atoms with van der Waals surface area (Å²) in [5.74, 6) is -2.67. The third-order valence-electron chi connectivity index (χ3n) is 2.19. The van der Waals surface area contributed by atoms with E-state index in [2.05, 4.69) is 9.97 Å². The van der Waals surface area contributed by atoms with Crippen molar-refractivity contribution in [3.05, 3.63) is 48.8 Å². The Bertz CT molecular complexity index is 684. The highest BCUT2D eigenvalue weighted by atomic mass is 127. The largest absolute Gasteiger partial charge is 0.305 e. The van der Waals surface area contributed by atoms with Crippen LogP contribution in [0, 0.1) is 25.3 Å². The Morgan fingerprint density at radius 3 is 2.63 bits per heavy atom. The van der Waals surface area contributed by atoms with Gasteiger partial charge in [-0.1, -0.05) is 11.6 Å². The van der Waals surface area contributed by atoms with Crippen molar-refractivity contribution >= 4 is 39.9 Å². The van der Waals surface area contributed by atoms with E-state index in [1.165, 1.54) is 6.20 Å². The van der Waals surface area contributed by atoms with Crippen LogP contribution in [0.4, 0.5) is 14.5 Å². The second kappa shape index (κ2) is 5.29. The standard InChI is InChI=1S/C10H3ClF2IN3O2/c11-9-5(14)3-15-10(16-9)7-4(12)1-2-6(8(7)13)17(18)19/h1-3H. The topological polar surface area (TPSA) is 68.9 Å². The lowest BCUT2D eigenvalue weighted by atomic mass is 10.1. The Hall–Kier alpha value is -1.42. The molecule has 0 aliphatic carbocycles. The van der Waals surface area contributed by atoms with Crippen LogP contribution in [0.5, 0.6) is 0 Å². The maximum Gasteiger partial charge on any atom is 0.305 e. The second-order valence-corrected chi connectivity index (χ2v) is 4.87. The van der Waals surface area contributed by atoms with Gasteiger partial charge in [-0.05, 0) is 28.7 Å². The lowest BCUT2D eigenvalue weighted by Crippen LogP contribution is -2.01. The minimum absolute atomic E-state index is 0.0101. The Balaban J connectivity index is 2.70. The van der Waals surface area contributed by atoms with E-state index in [0.29, 0.717) is 3.57 Å². The molecule has 0 aliphatic rings. The molecule has 0 atom stereocenters. The van der Waals surface area contributed by atoms with E-state index < -0.39 is 27.8 Å². The average Bonchev–Trinajstić information content (AvgIpc) is 2.33. The molecule has 0 spiro atoms. The van der Waals surface area contributed by atoms with E-state index >= 15 is 0 Å². The third kappa shape index (κ3) is 2.63. The molecule has 0 radical (unpaired) electrons. The van der Waals surface area contributed by atoms with Crippen molar-refractivity contribution in [3.8, 4) is 11.4 Å². The molecule has 0 aliphatic heterocycles. The van der Waals surface area contributed by atoms with Crippen molar-refractivity contribution < 1.29 is 13.7 Å². The van der Waals surface area contributed by atoms with Gasteiger partial charge in [-0.25, -0.2) is 14.4 Å². The van der Waals surface area contributed by atoms with Crippen molar-refractivity contribution in [1.82, 2.24) is 9.97 Å². The van der Waals surface area contributed by atoms with E-state index in [4.69, 9.17) is 11.6 Å². The smallest absolute Gasteiger partial charge is 0.258 e. The quantitative estimate of drug-likeness (QED) is 0.336. The SMILES string of the molecule is O=[N+]([O-])c1ccc(F)c(-c2ncc(I)c(Cl)n2)c1F. The fraction of sp³-hybridized carbons (Fsp3) is 0. The molecule has 0 unspecified atom stereocenters. The molecule has 5 nitrogen and oxygen atoms in total. The minimum atomic E-state index is -1.33. The highest BCUT2D eigenvalue weighted by Crippen LogP contribution is 2.30. The van der Waals surface area contributed by atoms with Crippen LogP contribution in [0.3, 0.4) is 0 Å². The number of hydrogen-bond donors (Lipinski definition) is 0. The van der Waals surface area contributed by atoms with Crippen LogP contribution in [0.1, 0.15) is 0 Å². The van der Waals surface area contributed by atoms with E-state index in [9.17, 15) is 18.9 Å². The number of aromatic nitrogens is 2. The van der Waals surface area contributed by atoms with Crippen LogP contribution >= 0.6 is 34.2 Å². The summed E-state index contributed by atoms with van der Waals surface area (Å²) in [4.78, 5) is 17.1. The predicted octanol–water partition coefficient (Wildman–Crippen LogP) is 3.59. The van der Waals surface area contributed by atoms with E-state index in [-0.39, 0.29) is 11.0 Å². The summed E-state index contributed by atoms with van der Waals surface area (Å²) >= 11 is 7.58. The van der Waals surface area contributed by atoms with Gasteiger partial charge in [0.25, 0.3) is 0 Å². The molecular weight excluding hydrogens is 394 g/mol. The molecule has 98 valence electrons. The van der Waals surface area contributed by atoms with E-state index in [0.717, 1.165) is 12.1 Å². The summed E-state index contributed by atoms with van der Waals surface area (Å²) in [6.07, 6.45) is 1.27. The van der Waals surface area contributed by atoms with Gasteiger partial charge in [-0.2, -0.15) is 4.39 Å². The number of rotatable bonds is 2. The summed E-state index contributed by atoms with van der Waals surface area (Å²) in [6.45, 7) is 0. The Morgan fingerprint density at radius 2 is 2.05 bits per heavy atom. The summed E-state index contributed by atoms with van der Waals surface area (Å²) in [5.41, 5.74) is -1.53. The lowest BCUT2D eigenvalue weighted by molar-refractivity contribution is -0.387. The molecule has 1 aromatic heterocycles. The fourth-order valence-electron chi connectivity index (χ4n) is 1.35. The van der Waals surface area contributed by atoms with Crippen molar-refractivity contribution in [3.63, 3.8) is 0 Å². The minimum Gasteiger partial charge on any atom is -0.258 e. The molecule has 9 heteroatoms. The summed E-state index contributed by atoms with van der Waals surface area (Å²) in [7, 11) is 0. The van der Waals surface area contributed by atoms with Gasteiger partial charge >= 0.3 is 5.69 Å². The lowest BCUT2D eigenvalue weighted by Gasteiger charge is -2.05. The first-order valence-corrected chi connectivity index (χ1v) is 6.18. The van der Waals surface area contributed by atoms with Gasteiger partial charge in [0.1, 0.15) is 11.0 Å². The zero-order valence-electron chi connectivity index (χ0n) is 8.90. The molecule has 2 aromatic rings. The number of halogens is 4. The van der Waals surface area contributed by atoms with Crippen LogP contribution in [-0.2, 0) is 0 Å². The van der Waals surface area contributed by atoms with E-state index in [1.54, 1.807) is 0 Å². The zero-order chi connectivity index (χ0) is 14.2. The van der Waals surface area contributed by atoms with Gasteiger partial charge in [0, 0.05) is 12.3 Å². The third-order valence-corrected chi connectivity index (χ3v) is 3.59. The first kappa shape index (κ1) is 14.0. The Labute approximate surface area is 123 Å². The fourth-order valence-corrected chi connectivity index (χ4v) is 1.74. The monoisotopic (exact) mass is 397 g/mol. The van der Waals surface area contributed by atoms with Crippen LogP contribution in [0.15, 0.2) is 18.3 Å². The van der Waals surface area contributed by atoms with Crippen LogP contribution < -0.4 is 0 Å². The number of benzene rings is 1. The van der Waals surface area contributed by atoms with Gasteiger partial charge in [0.05, 0.1) is 14.1 Å². The van der Waals surface area contributed by atoms with Gasteiger partial charge in [-0.3, -0.25) is 10.1 Å². The highest BCUT2D eigenvalue weighted by Gasteiger charge is 2.24. The highest BCUT2D eigenvalue weighted by molar-refractivity contribution is 14.1. The van der Waals surface area contributed by atoms with Crippen LogP contribution in [0.2, 0.25) is 5.15 Å².